The predicted octanol–water partition coefficient (Wildman–Crippen LogP) is 3.79. The molecule has 4 nitrogen and oxygen atoms in total. The minimum atomic E-state index is -0.169. The fourth-order valence-corrected chi connectivity index (χ4v) is 2.79. The number of aryl methyl sites for hydroxylation is 1. The van der Waals surface area contributed by atoms with Crippen molar-refractivity contribution in [1.82, 2.24) is 5.32 Å². The Balaban J connectivity index is 2.11. The number of hydrogen-bond acceptors (Lipinski definition) is 2. The van der Waals surface area contributed by atoms with Crippen molar-refractivity contribution in [2.45, 2.75) is 40.2 Å². The molecule has 1 N–H and O–H groups in total. The van der Waals surface area contributed by atoms with Gasteiger partial charge < -0.3 is 10.2 Å². The van der Waals surface area contributed by atoms with Crippen molar-refractivity contribution in [3.63, 3.8) is 0 Å². The Hall–Kier alpha value is -2.62. The lowest BCUT2D eigenvalue weighted by molar-refractivity contribution is -0.123. The van der Waals surface area contributed by atoms with Crippen LogP contribution in [0.3, 0.4) is 0 Å². The summed E-state index contributed by atoms with van der Waals surface area (Å²) in [6.07, 6.45) is 0. The van der Waals surface area contributed by atoms with Crippen LogP contribution >= 0.6 is 0 Å². The van der Waals surface area contributed by atoms with E-state index in [4.69, 9.17) is 0 Å². The number of amides is 2. The number of nitrogens with one attached hydrogen (secondary N) is 1. The van der Waals surface area contributed by atoms with Crippen LogP contribution in [0.1, 0.15) is 43.4 Å². The number of carbonyl (C=O) groups excluding carboxylic acids is 2. The maximum absolute atomic E-state index is 12.4. The molecule has 0 heterocycles. The van der Waals surface area contributed by atoms with Gasteiger partial charge in [-0.05, 0) is 35.6 Å². The Morgan fingerprint density at radius 2 is 1.68 bits per heavy atom. The van der Waals surface area contributed by atoms with Crippen molar-refractivity contribution in [3.8, 4) is 0 Å². The Morgan fingerprint density at radius 1 is 1.04 bits per heavy atom. The first kappa shape index (κ1) is 18.7. The summed E-state index contributed by atoms with van der Waals surface area (Å²) >= 11 is 0. The second-order valence-corrected chi connectivity index (χ2v) is 6.52. The highest BCUT2D eigenvalue weighted by atomic mass is 16.2. The van der Waals surface area contributed by atoms with Crippen LogP contribution in [0.25, 0.3) is 0 Å². The monoisotopic (exact) mass is 338 g/mol. The largest absolute Gasteiger partial charge is 0.350 e. The van der Waals surface area contributed by atoms with E-state index in [9.17, 15) is 9.59 Å². The Kier molecular flexibility index (Phi) is 6.34. The molecule has 0 spiro atoms. The van der Waals surface area contributed by atoms with Crippen LogP contribution in [0.4, 0.5) is 5.69 Å². The standard InChI is InChI=1S/C21H26N2O2/c1-15(2)19-11-7-8-12-20(19)23(17(4)24)14-21(25)22-13-18-10-6-5-9-16(18)3/h5-12,15H,13-14H2,1-4H3,(H,22,25). The number of nitrogens with zero attached hydrogens (tertiary/aromatic N) is 1. The van der Waals surface area contributed by atoms with Gasteiger partial charge in [-0.2, -0.15) is 0 Å². The van der Waals surface area contributed by atoms with Crippen LogP contribution in [-0.4, -0.2) is 18.4 Å². The molecule has 0 unspecified atom stereocenters. The molecule has 4 heteroatoms. The summed E-state index contributed by atoms with van der Waals surface area (Å²) in [4.78, 5) is 26.1. The molecule has 2 rings (SSSR count). The van der Waals surface area contributed by atoms with E-state index in [1.165, 1.54) is 6.92 Å². The van der Waals surface area contributed by atoms with Gasteiger partial charge in [0.15, 0.2) is 0 Å². The molecular weight excluding hydrogens is 312 g/mol. The third-order valence-electron chi connectivity index (χ3n) is 4.27. The molecule has 0 aliphatic carbocycles. The smallest absolute Gasteiger partial charge is 0.240 e. The third kappa shape index (κ3) is 4.92. The van der Waals surface area contributed by atoms with Gasteiger partial charge in [-0.15, -0.1) is 0 Å². The Morgan fingerprint density at radius 3 is 2.32 bits per heavy atom. The molecule has 0 radical (unpaired) electrons. The van der Waals surface area contributed by atoms with Gasteiger partial charge in [-0.25, -0.2) is 0 Å². The van der Waals surface area contributed by atoms with Gasteiger partial charge in [0.25, 0.3) is 0 Å². The number of para-hydroxylation sites is 1. The minimum absolute atomic E-state index is 0.0188. The molecule has 0 aromatic heterocycles. The van der Waals surface area contributed by atoms with Gasteiger partial charge in [0, 0.05) is 19.2 Å². The SMILES string of the molecule is CC(=O)N(CC(=O)NCc1ccccc1C)c1ccccc1C(C)C. The van der Waals surface area contributed by atoms with E-state index in [2.05, 4.69) is 19.2 Å². The first-order valence-corrected chi connectivity index (χ1v) is 8.58. The molecule has 0 aliphatic heterocycles. The zero-order valence-electron chi connectivity index (χ0n) is 15.4. The van der Waals surface area contributed by atoms with Crippen LogP contribution in [0.15, 0.2) is 48.5 Å². The first-order chi connectivity index (χ1) is 11.9. The normalized spacial score (nSPS) is 10.6. The van der Waals surface area contributed by atoms with Crippen LogP contribution in [0.5, 0.6) is 0 Å². The second-order valence-electron chi connectivity index (χ2n) is 6.52. The highest BCUT2D eigenvalue weighted by molar-refractivity contribution is 5.98. The van der Waals surface area contributed by atoms with Crippen molar-refractivity contribution in [1.29, 1.82) is 0 Å². The molecular formula is C21H26N2O2. The Bertz CT molecular complexity index is 753. The van der Waals surface area contributed by atoms with Crippen molar-refractivity contribution in [3.05, 3.63) is 65.2 Å². The summed E-state index contributed by atoms with van der Waals surface area (Å²) in [5.74, 6) is -0.0377. The molecule has 0 bridgehead atoms. The van der Waals surface area contributed by atoms with Gasteiger partial charge in [0.1, 0.15) is 6.54 Å². The average molecular weight is 338 g/mol. The predicted molar refractivity (Wildman–Crippen MR) is 102 cm³/mol. The van der Waals surface area contributed by atoms with Gasteiger partial charge in [-0.1, -0.05) is 56.3 Å². The molecule has 2 aromatic rings. The first-order valence-electron chi connectivity index (χ1n) is 8.58. The van der Waals surface area contributed by atoms with Gasteiger partial charge in [0.05, 0.1) is 0 Å². The summed E-state index contributed by atoms with van der Waals surface area (Å²) < 4.78 is 0. The Labute approximate surface area is 149 Å². The molecule has 2 aromatic carbocycles. The number of rotatable bonds is 6. The van der Waals surface area contributed by atoms with Gasteiger partial charge >= 0.3 is 0 Å². The van der Waals surface area contributed by atoms with Gasteiger partial charge in [0.2, 0.25) is 11.8 Å². The summed E-state index contributed by atoms with van der Waals surface area (Å²) in [7, 11) is 0. The van der Waals surface area contributed by atoms with Crippen LogP contribution in [0.2, 0.25) is 0 Å². The molecule has 0 aliphatic rings. The lowest BCUT2D eigenvalue weighted by Gasteiger charge is -2.25. The van der Waals surface area contributed by atoms with E-state index in [1.807, 2.05) is 55.5 Å². The summed E-state index contributed by atoms with van der Waals surface area (Å²) in [5, 5.41) is 2.91. The van der Waals surface area contributed by atoms with Crippen molar-refractivity contribution in [2.75, 3.05) is 11.4 Å². The van der Waals surface area contributed by atoms with E-state index in [0.717, 1.165) is 22.4 Å². The lowest BCUT2D eigenvalue weighted by atomic mass is 10.0. The van der Waals surface area contributed by atoms with E-state index >= 15 is 0 Å². The van der Waals surface area contributed by atoms with E-state index in [0.29, 0.717) is 6.54 Å². The number of carbonyl (C=O) groups is 2. The highest BCUT2D eigenvalue weighted by Gasteiger charge is 2.19. The lowest BCUT2D eigenvalue weighted by Crippen LogP contribution is -2.40. The van der Waals surface area contributed by atoms with Crippen LogP contribution < -0.4 is 10.2 Å². The fourth-order valence-electron chi connectivity index (χ4n) is 2.79. The van der Waals surface area contributed by atoms with Crippen molar-refractivity contribution < 1.29 is 9.59 Å². The third-order valence-corrected chi connectivity index (χ3v) is 4.27. The zero-order chi connectivity index (χ0) is 18.4. The summed E-state index contributed by atoms with van der Waals surface area (Å²) in [6.45, 7) is 8.15. The molecule has 25 heavy (non-hydrogen) atoms. The molecule has 0 atom stereocenters. The van der Waals surface area contributed by atoms with E-state index < -0.39 is 0 Å². The molecule has 2 amide bonds. The molecule has 0 fully saturated rings. The number of anilines is 1. The second kappa shape index (κ2) is 8.47. The topological polar surface area (TPSA) is 49.4 Å². The summed E-state index contributed by atoms with van der Waals surface area (Å²) in [6, 6.07) is 15.7. The van der Waals surface area contributed by atoms with Crippen molar-refractivity contribution in [2.24, 2.45) is 0 Å². The van der Waals surface area contributed by atoms with Crippen LogP contribution in [-0.2, 0) is 16.1 Å². The highest BCUT2D eigenvalue weighted by Crippen LogP contribution is 2.27. The minimum Gasteiger partial charge on any atom is -0.350 e. The zero-order valence-corrected chi connectivity index (χ0v) is 15.4. The van der Waals surface area contributed by atoms with Gasteiger partial charge in [-0.3, -0.25) is 9.59 Å². The number of benzene rings is 2. The fraction of sp³-hybridized carbons (Fsp3) is 0.333. The van der Waals surface area contributed by atoms with E-state index in [-0.39, 0.29) is 24.3 Å². The molecule has 0 saturated heterocycles. The molecule has 132 valence electrons. The maximum Gasteiger partial charge on any atom is 0.240 e. The van der Waals surface area contributed by atoms with Crippen molar-refractivity contribution >= 4 is 17.5 Å². The number of hydrogen-bond donors (Lipinski definition) is 1. The summed E-state index contributed by atoms with van der Waals surface area (Å²) in [5.41, 5.74) is 4.07. The average Bonchev–Trinajstić information content (AvgIpc) is 2.58. The molecule has 0 saturated carbocycles. The van der Waals surface area contributed by atoms with E-state index in [1.54, 1.807) is 4.90 Å². The van der Waals surface area contributed by atoms with Crippen LogP contribution in [0, 0.1) is 6.92 Å². The quantitative estimate of drug-likeness (QED) is 0.871. The maximum atomic E-state index is 12.4.